The Kier molecular flexibility index (Phi) is 6.25. The maximum atomic E-state index is 3.99. The van der Waals surface area contributed by atoms with Crippen LogP contribution >= 0.6 is 0 Å². The fourth-order valence-electron chi connectivity index (χ4n) is 5.54. The zero-order valence-corrected chi connectivity index (χ0v) is 19.9. The molecule has 0 atom stereocenters. The zero-order valence-electron chi connectivity index (χ0n) is 19.9. The zero-order chi connectivity index (χ0) is 22.1. The molecule has 4 nitrogen and oxygen atoms in total. The Bertz CT molecular complexity index is 1000. The van der Waals surface area contributed by atoms with Crippen molar-refractivity contribution >= 4 is 16.6 Å². The lowest BCUT2D eigenvalue weighted by atomic mass is 9.98. The first-order valence-electron chi connectivity index (χ1n) is 12.5. The number of rotatable bonds is 5. The van der Waals surface area contributed by atoms with Gasteiger partial charge in [0, 0.05) is 59.1 Å². The molecular formula is C28H38N4. The van der Waals surface area contributed by atoms with E-state index >= 15 is 0 Å². The molecule has 0 radical (unpaired) electrons. The van der Waals surface area contributed by atoms with Gasteiger partial charge in [-0.3, -0.25) is 0 Å². The predicted molar refractivity (Wildman–Crippen MR) is 137 cm³/mol. The minimum Gasteiger partial charge on any atom is -0.371 e. The summed E-state index contributed by atoms with van der Waals surface area (Å²) >= 11 is 0. The summed E-state index contributed by atoms with van der Waals surface area (Å²) in [5.74, 6) is 0. The SMILES string of the molecule is Cc1ccc(N2CCC(NC3CCN(C(C)C)CC3)CC2)cc1-c1cc2ccccc2[nH]1. The molecule has 4 heteroatoms. The lowest BCUT2D eigenvalue weighted by molar-refractivity contribution is 0.154. The fourth-order valence-corrected chi connectivity index (χ4v) is 5.54. The number of aromatic nitrogens is 1. The minimum absolute atomic E-state index is 0.667. The number of aromatic amines is 1. The van der Waals surface area contributed by atoms with E-state index in [1.54, 1.807) is 0 Å². The third kappa shape index (κ3) is 4.57. The molecule has 0 saturated carbocycles. The van der Waals surface area contributed by atoms with E-state index in [4.69, 9.17) is 0 Å². The highest BCUT2D eigenvalue weighted by Gasteiger charge is 2.25. The second-order valence-electron chi connectivity index (χ2n) is 10.1. The van der Waals surface area contributed by atoms with Gasteiger partial charge in [0.25, 0.3) is 0 Å². The van der Waals surface area contributed by atoms with Crippen molar-refractivity contribution in [3.05, 3.63) is 54.1 Å². The Morgan fingerprint density at radius 2 is 1.56 bits per heavy atom. The summed E-state index contributed by atoms with van der Waals surface area (Å²) < 4.78 is 0. The number of H-pyrrole nitrogens is 1. The van der Waals surface area contributed by atoms with Crippen molar-refractivity contribution in [1.82, 2.24) is 15.2 Å². The number of para-hydroxylation sites is 1. The highest BCUT2D eigenvalue weighted by Crippen LogP contribution is 2.31. The number of hydrogen-bond acceptors (Lipinski definition) is 3. The summed E-state index contributed by atoms with van der Waals surface area (Å²) in [4.78, 5) is 8.80. The van der Waals surface area contributed by atoms with Gasteiger partial charge in [-0.15, -0.1) is 0 Å². The molecule has 2 N–H and O–H groups in total. The number of aryl methyl sites for hydroxylation is 1. The molecule has 0 spiro atoms. The van der Waals surface area contributed by atoms with Crippen molar-refractivity contribution in [2.45, 2.75) is 64.6 Å². The van der Waals surface area contributed by atoms with E-state index in [-0.39, 0.29) is 0 Å². The average Bonchev–Trinajstić information content (AvgIpc) is 3.24. The summed E-state index contributed by atoms with van der Waals surface area (Å²) in [5.41, 5.74) is 6.42. The second kappa shape index (κ2) is 9.29. The van der Waals surface area contributed by atoms with Crippen molar-refractivity contribution in [3.63, 3.8) is 0 Å². The van der Waals surface area contributed by atoms with Gasteiger partial charge in [-0.05, 0) is 89.4 Å². The van der Waals surface area contributed by atoms with Crippen molar-refractivity contribution < 1.29 is 0 Å². The van der Waals surface area contributed by atoms with Crippen LogP contribution in [-0.2, 0) is 0 Å². The number of nitrogens with one attached hydrogen (secondary N) is 2. The van der Waals surface area contributed by atoms with Gasteiger partial charge in [-0.2, -0.15) is 0 Å². The fraction of sp³-hybridized carbons (Fsp3) is 0.500. The van der Waals surface area contributed by atoms with E-state index in [1.807, 2.05) is 0 Å². The summed E-state index contributed by atoms with van der Waals surface area (Å²) in [5, 5.41) is 5.27. The van der Waals surface area contributed by atoms with Crippen LogP contribution in [0.25, 0.3) is 22.2 Å². The van der Waals surface area contributed by atoms with E-state index in [1.165, 1.54) is 72.2 Å². The van der Waals surface area contributed by atoms with Crippen LogP contribution in [-0.4, -0.2) is 54.2 Å². The van der Waals surface area contributed by atoms with Gasteiger partial charge in [0.15, 0.2) is 0 Å². The van der Waals surface area contributed by atoms with E-state index in [0.29, 0.717) is 18.1 Å². The number of fused-ring (bicyclic) bond motifs is 1. The van der Waals surface area contributed by atoms with Crippen LogP contribution < -0.4 is 10.2 Å². The number of nitrogens with zero attached hydrogens (tertiary/aromatic N) is 2. The molecule has 3 heterocycles. The first-order chi connectivity index (χ1) is 15.6. The van der Waals surface area contributed by atoms with Crippen molar-refractivity contribution in [2.75, 3.05) is 31.1 Å². The molecule has 0 aliphatic carbocycles. The number of hydrogen-bond donors (Lipinski definition) is 2. The molecule has 32 heavy (non-hydrogen) atoms. The maximum Gasteiger partial charge on any atom is 0.0468 e. The summed E-state index contributed by atoms with van der Waals surface area (Å²) in [6.07, 6.45) is 5.06. The molecule has 2 fully saturated rings. The Morgan fingerprint density at radius 1 is 0.875 bits per heavy atom. The van der Waals surface area contributed by atoms with E-state index < -0.39 is 0 Å². The van der Waals surface area contributed by atoms with Crippen LogP contribution in [0.2, 0.25) is 0 Å². The molecule has 5 rings (SSSR count). The second-order valence-corrected chi connectivity index (χ2v) is 10.1. The van der Waals surface area contributed by atoms with Gasteiger partial charge < -0.3 is 20.1 Å². The Morgan fingerprint density at radius 3 is 2.25 bits per heavy atom. The Labute approximate surface area is 193 Å². The first kappa shape index (κ1) is 21.5. The van der Waals surface area contributed by atoms with Crippen LogP contribution in [0.15, 0.2) is 48.5 Å². The van der Waals surface area contributed by atoms with E-state index in [9.17, 15) is 0 Å². The molecule has 2 aromatic carbocycles. The molecule has 1 aromatic heterocycles. The molecule has 0 unspecified atom stereocenters. The van der Waals surface area contributed by atoms with Gasteiger partial charge in [-0.1, -0.05) is 24.3 Å². The average molecular weight is 431 g/mol. The lowest BCUT2D eigenvalue weighted by Crippen LogP contribution is -2.50. The molecule has 170 valence electrons. The van der Waals surface area contributed by atoms with Crippen molar-refractivity contribution in [3.8, 4) is 11.3 Å². The molecular weight excluding hydrogens is 392 g/mol. The van der Waals surface area contributed by atoms with Gasteiger partial charge in [0.1, 0.15) is 0 Å². The predicted octanol–water partition coefficient (Wildman–Crippen LogP) is 5.57. The van der Waals surface area contributed by atoms with Crippen LogP contribution in [0.1, 0.15) is 45.1 Å². The highest BCUT2D eigenvalue weighted by atomic mass is 15.2. The van der Waals surface area contributed by atoms with Crippen LogP contribution in [0.4, 0.5) is 5.69 Å². The highest BCUT2D eigenvalue weighted by molar-refractivity contribution is 5.87. The summed E-state index contributed by atoms with van der Waals surface area (Å²) in [6.45, 7) is 11.6. The van der Waals surface area contributed by atoms with Crippen LogP contribution in [0, 0.1) is 6.92 Å². The smallest absolute Gasteiger partial charge is 0.0468 e. The molecule has 3 aromatic rings. The molecule has 0 amide bonds. The number of anilines is 1. The quantitative estimate of drug-likeness (QED) is 0.555. The minimum atomic E-state index is 0.667. The number of likely N-dealkylation sites (tertiary alicyclic amines) is 1. The van der Waals surface area contributed by atoms with Gasteiger partial charge in [-0.25, -0.2) is 0 Å². The van der Waals surface area contributed by atoms with Gasteiger partial charge >= 0.3 is 0 Å². The van der Waals surface area contributed by atoms with E-state index in [0.717, 1.165) is 13.1 Å². The van der Waals surface area contributed by atoms with Crippen LogP contribution in [0.3, 0.4) is 0 Å². The summed E-state index contributed by atoms with van der Waals surface area (Å²) in [7, 11) is 0. The number of piperidine rings is 2. The third-order valence-electron chi connectivity index (χ3n) is 7.63. The third-order valence-corrected chi connectivity index (χ3v) is 7.63. The monoisotopic (exact) mass is 430 g/mol. The van der Waals surface area contributed by atoms with E-state index in [2.05, 4.69) is 89.4 Å². The first-order valence-corrected chi connectivity index (χ1v) is 12.5. The maximum absolute atomic E-state index is 3.99. The molecule has 0 bridgehead atoms. The Hall–Kier alpha value is -2.30. The lowest BCUT2D eigenvalue weighted by Gasteiger charge is -2.39. The Balaban J connectivity index is 1.21. The van der Waals surface area contributed by atoms with Gasteiger partial charge in [0.2, 0.25) is 0 Å². The normalized spacial score (nSPS) is 19.3. The van der Waals surface area contributed by atoms with Crippen molar-refractivity contribution in [1.29, 1.82) is 0 Å². The topological polar surface area (TPSA) is 34.3 Å². The number of benzene rings is 2. The molecule has 2 aliphatic heterocycles. The summed E-state index contributed by atoms with van der Waals surface area (Å²) in [6, 6.07) is 19.8. The van der Waals surface area contributed by atoms with Gasteiger partial charge in [0.05, 0.1) is 0 Å². The molecule has 2 aliphatic rings. The van der Waals surface area contributed by atoms with Crippen molar-refractivity contribution in [2.24, 2.45) is 0 Å². The standard InChI is InChI=1S/C28H38N4/c1-20(2)31-14-10-23(11-15-31)29-24-12-16-32(17-13-24)25-9-8-21(3)26(19-25)28-18-22-6-4-5-7-27(22)30-28/h4-9,18-20,23-24,29-30H,10-17H2,1-3H3. The molecule has 2 saturated heterocycles. The largest absolute Gasteiger partial charge is 0.371 e. The van der Waals surface area contributed by atoms with Crippen LogP contribution in [0.5, 0.6) is 0 Å².